The smallest absolute Gasteiger partial charge is 0.259 e. The number of hydrogen-bond donors (Lipinski definition) is 0. The van der Waals surface area contributed by atoms with Crippen molar-refractivity contribution in [3.05, 3.63) is 0 Å². The second kappa shape index (κ2) is 13.1. The molecule has 0 aromatic heterocycles. The molecule has 7 rings (SSSR count). The van der Waals surface area contributed by atoms with Crippen molar-refractivity contribution in [2.75, 3.05) is 0 Å². The quantitative estimate of drug-likeness (QED) is 0.306. The van der Waals surface area contributed by atoms with Crippen molar-refractivity contribution in [1.29, 1.82) is 0 Å². The van der Waals surface area contributed by atoms with Gasteiger partial charge in [-0.1, -0.05) is 77.0 Å². The van der Waals surface area contributed by atoms with E-state index in [1.54, 1.807) is 0 Å². The molecule has 6 saturated carbocycles. The summed E-state index contributed by atoms with van der Waals surface area (Å²) < 4.78 is 18.1. The maximum absolute atomic E-state index is 7.59. The molecule has 0 aromatic rings. The van der Waals surface area contributed by atoms with Gasteiger partial charge in [-0.3, -0.25) is 0 Å². The highest BCUT2D eigenvalue weighted by Gasteiger charge is 2.56. The first-order valence-corrected chi connectivity index (χ1v) is 19.7. The Morgan fingerprint density at radius 3 is 1.32 bits per heavy atom. The van der Waals surface area contributed by atoms with Crippen LogP contribution in [0, 0.1) is 47.3 Å². The molecule has 1 aliphatic heterocycles. The highest BCUT2D eigenvalue weighted by molar-refractivity contribution is 7.44. The van der Waals surface area contributed by atoms with Crippen molar-refractivity contribution in [2.24, 2.45) is 47.3 Å². The van der Waals surface area contributed by atoms with E-state index in [0.717, 1.165) is 47.3 Å². The molecule has 0 aromatic carbocycles. The molecular formula is C36H62NO2P. The molecule has 0 amide bonds. The zero-order chi connectivity index (χ0) is 27.1. The molecule has 10 unspecified atom stereocenters. The summed E-state index contributed by atoms with van der Waals surface area (Å²) >= 11 is 0. The van der Waals surface area contributed by atoms with Gasteiger partial charge in [0.1, 0.15) is 0 Å². The summed E-state index contributed by atoms with van der Waals surface area (Å²) in [6, 6.07) is 1.19. The Labute approximate surface area is 248 Å². The summed E-state index contributed by atoms with van der Waals surface area (Å²) in [5.41, 5.74) is 0. The number of nitrogens with zero attached hydrogens (tertiary/aromatic N) is 1. The first kappa shape index (κ1) is 29.0. The van der Waals surface area contributed by atoms with E-state index in [4.69, 9.17) is 9.05 Å². The molecule has 0 spiro atoms. The molecule has 1 heterocycles. The fraction of sp³-hybridized carbons (Fsp3) is 1.00. The second-order valence-electron chi connectivity index (χ2n) is 15.9. The van der Waals surface area contributed by atoms with Crippen LogP contribution in [0.15, 0.2) is 0 Å². The molecule has 0 N–H and O–H groups in total. The Hall–Kier alpha value is 0.310. The van der Waals surface area contributed by atoms with Gasteiger partial charge in [-0.05, 0) is 125 Å². The standard InChI is InChI=1S/C36H62NO2P/c1-25(27-13-5-3-6-14-27)37(26(2)28-15-7-4-8-16-28)40-38-33-23-21-29-17-9-11-19-31(29)35(33)36-32-20-12-10-18-30(32)22-24-34(36)39-40/h25-36H,3-24H2,1-2H3. The van der Waals surface area contributed by atoms with Gasteiger partial charge in [-0.25, -0.2) is 4.67 Å². The van der Waals surface area contributed by atoms with E-state index in [0.29, 0.717) is 24.3 Å². The van der Waals surface area contributed by atoms with Crippen molar-refractivity contribution in [3.63, 3.8) is 0 Å². The Balaban J connectivity index is 1.22. The lowest BCUT2D eigenvalue weighted by Gasteiger charge is -2.53. The minimum Gasteiger partial charge on any atom is -0.318 e. The molecular weight excluding hydrogens is 509 g/mol. The SMILES string of the molecule is CC(C1CCCCC1)N(C(C)C1CCCCC1)P1OC2CCC3CCCCC3C2C2C(CCC3CCCCC32)O1. The Bertz CT molecular complexity index is 747. The van der Waals surface area contributed by atoms with Gasteiger partial charge in [0.05, 0.1) is 12.2 Å². The lowest BCUT2D eigenvalue weighted by Crippen LogP contribution is -2.51. The van der Waals surface area contributed by atoms with Gasteiger partial charge in [0.25, 0.3) is 8.53 Å². The molecule has 7 aliphatic rings. The third-order valence-electron chi connectivity index (χ3n) is 14.0. The van der Waals surface area contributed by atoms with Crippen molar-refractivity contribution in [3.8, 4) is 0 Å². The van der Waals surface area contributed by atoms with Crippen LogP contribution in [0.25, 0.3) is 0 Å². The summed E-state index contributed by atoms with van der Waals surface area (Å²) in [4.78, 5) is 0. The minimum atomic E-state index is -0.993. The zero-order valence-electron chi connectivity index (χ0n) is 26.2. The van der Waals surface area contributed by atoms with Crippen molar-refractivity contribution in [2.45, 2.75) is 179 Å². The third kappa shape index (κ3) is 5.75. The molecule has 0 bridgehead atoms. The van der Waals surface area contributed by atoms with Gasteiger partial charge in [-0.2, -0.15) is 0 Å². The maximum Gasteiger partial charge on any atom is 0.259 e. The van der Waals surface area contributed by atoms with E-state index in [9.17, 15) is 0 Å². The summed E-state index contributed by atoms with van der Waals surface area (Å²) in [6.45, 7) is 5.20. The minimum absolute atomic E-state index is 0.459. The molecule has 40 heavy (non-hydrogen) atoms. The van der Waals surface area contributed by atoms with E-state index in [-0.39, 0.29) is 0 Å². The first-order chi connectivity index (χ1) is 19.7. The average molecular weight is 572 g/mol. The topological polar surface area (TPSA) is 21.7 Å². The van der Waals surface area contributed by atoms with Crippen LogP contribution >= 0.6 is 8.53 Å². The maximum atomic E-state index is 7.59. The molecule has 1 saturated heterocycles. The number of rotatable bonds is 5. The summed E-state index contributed by atoms with van der Waals surface area (Å²) in [5, 5.41) is 0. The predicted octanol–water partition coefficient (Wildman–Crippen LogP) is 10.7. The van der Waals surface area contributed by atoms with E-state index in [1.807, 2.05) is 0 Å². The Kier molecular flexibility index (Phi) is 9.53. The van der Waals surface area contributed by atoms with Crippen LogP contribution in [0.3, 0.4) is 0 Å². The zero-order valence-corrected chi connectivity index (χ0v) is 27.1. The van der Waals surface area contributed by atoms with Crippen molar-refractivity contribution in [1.82, 2.24) is 4.67 Å². The fourth-order valence-corrected chi connectivity index (χ4v) is 14.1. The van der Waals surface area contributed by atoms with Gasteiger partial charge in [0.2, 0.25) is 0 Å². The van der Waals surface area contributed by atoms with Crippen LogP contribution in [0.1, 0.15) is 155 Å². The van der Waals surface area contributed by atoms with Gasteiger partial charge in [0.15, 0.2) is 0 Å². The predicted molar refractivity (Wildman–Crippen MR) is 167 cm³/mol. The van der Waals surface area contributed by atoms with Crippen LogP contribution in [-0.2, 0) is 9.05 Å². The molecule has 228 valence electrons. The van der Waals surface area contributed by atoms with E-state index in [1.165, 1.54) is 141 Å². The fourth-order valence-electron chi connectivity index (χ4n) is 11.9. The highest BCUT2D eigenvalue weighted by atomic mass is 31.2. The normalized spacial score (nSPS) is 44.9. The van der Waals surface area contributed by atoms with Crippen LogP contribution in [-0.4, -0.2) is 29.0 Å². The van der Waals surface area contributed by atoms with Gasteiger partial charge in [-0.15, -0.1) is 0 Å². The molecule has 4 heteroatoms. The first-order valence-electron chi connectivity index (χ1n) is 18.6. The largest absolute Gasteiger partial charge is 0.318 e. The second-order valence-corrected chi connectivity index (χ2v) is 17.3. The monoisotopic (exact) mass is 571 g/mol. The molecule has 10 atom stereocenters. The molecule has 7 fully saturated rings. The Morgan fingerprint density at radius 1 is 0.475 bits per heavy atom. The average Bonchev–Trinajstić information content (AvgIpc) is 3.19. The van der Waals surface area contributed by atoms with Gasteiger partial charge >= 0.3 is 0 Å². The molecule has 0 radical (unpaired) electrons. The number of fused-ring (bicyclic) bond motifs is 7. The summed E-state index contributed by atoms with van der Waals surface area (Å²) in [7, 11) is -0.993. The molecule has 3 nitrogen and oxygen atoms in total. The van der Waals surface area contributed by atoms with E-state index >= 15 is 0 Å². The summed E-state index contributed by atoms with van der Waals surface area (Å²) in [5.74, 6) is 6.99. The van der Waals surface area contributed by atoms with Crippen LogP contribution in [0.2, 0.25) is 0 Å². The number of hydrogen-bond acceptors (Lipinski definition) is 3. The summed E-state index contributed by atoms with van der Waals surface area (Å²) in [6.07, 6.45) is 32.6. The Morgan fingerprint density at radius 2 is 0.875 bits per heavy atom. The van der Waals surface area contributed by atoms with Crippen LogP contribution in [0.5, 0.6) is 0 Å². The van der Waals surface area contributed by atoms with Crippen molar-refractivity contribution >= 4 is 8.53 Å². The third-order valence-corrected chi connectivity index (χ3v) is 16.0. The van der Waals surface area contributed by atoms with Gasteiger partial charge < -0.3 is 9.05 Å². The van der Waals surface area contributed by atoms with Crippen molar-refractivity contribution < 1.29 is 9.05 Å². The molecule has 6 aliphatic carbocycles. The lowest BCUT2D eigenvalue weighted by molar-refractivity contribution is -0.0856. The van der Waals surface area contributed by atoms with Gasteiger partial charge in [0, 0.05) is 12.1 Å². The van der Waals surface area contributed by atoms with E-state index in [2.05, 4.69) is 18.5 Å². The van der Waals surface area contributed by atoms with Crippen LogP contribution < -0.4 is 0 Å². The lowest BCUT2D eigenvalue weighted by atomic mass is 9.53. The van der Waals surface area contributed by atoms with E-state index < -0.39 is 8.53 Å². The van der Waals surface area contributed by atoms with Crippen LogP contribution in [0.4, 0.5) is 0 Å². The highest BCUT2D eigenvalue weighted by Crippen LogP contribution is 2.64.